The van der Waals surface area contributed by atoms with E-state index in [4.69, 9.17) is 11.6 Å². The molecule has 0 atom stereocenters. The number of nitrogens with one attached hydrogen (secondary N) is 1. The Morgan fingerprint density at radius 2 is 1.27 bits per heavy atom. The first-order valence-electron chi connectivity index (χ1n) is 8.07. The van der Waals surface area contributed by atoms with Crippen LogP contribution in [0.3, 0.4) is 0 Å². The van der Waals surface area contributed by atoms with Crippen LogP contribution in [0.25, 0.3) is 0 Å². The molecule has 3 aromatic rings. The van der Waals surface area contributed by atoms with Crippen LogP contribution < -0.4 is 5.32 Å². The van der Waals surface area contributed by atoms with Crippen LogP contribution in [0.15, 0.2) is 96.7 Å². The van der Waals surface area contributed by atoms with Crippen molar-refractivity contribution in [2.24, 2.45) is 0 Å². The molecule has 3 aromatic carbocycles. The van der Waals surface area contributed by atoms with E-state index in [1.54, 1.807) is 72.8 Å². The molecule has 0 radical (unpaired) electrons. The van der Waals surface area contributed by atoms with Gasteiger partial charge >= 0.3 is 0 Å². The molecule has 0 aromatic heterocycles. The van der Waals surface area contributed by atoms with Crippen molar-refractivity contribution in [1.29, 1.82) is 0 Å². The van der Waals surface area contributed by atoms with Gasteiger partial charge in [-0.15, -0.1) is 0 Å². The Bertz CT molecular complexity index is 933. The lowest BCUT2D eigenvalue weighted by Gasteiger charge is -2.11. The Kier molecular flexibility index (Phi) is 5.62. The van der Waals surface area contributed by atoms with Gasteiger partial charge in [-0.25, -0.2) is 0 Å². The molecule has 0 amide bonds. The molecule has 0 unspecified atom stereocenters. The van der Waals surface area contributed by atoms with Crippen LogP contribution in [-0.4, -0.2) is 11.6 Å². The summed E-state index contributed by atoms with van der Waals surface area (Å²) in [7, 11) is 0. The van der Waals surface area contributed by atoms with E-state index in [9.17, 15) is 9.59 Å². The molecular weight excluding hydrogens is 346 g/mol. The molecule has 0 heterocycles. The molecule has 26 heavy (non-hydrogen) atoms. The molecular formula is C22H16ClNO2. The third kappa shape index (κ3) is 4.47. The van der Waals surface area contributed by atoms with Crippen LogP contribution in [0.5, 0.6) is 0 Å². The van der Waals surface area contributed by atoms with Gasteiger partial charge in [-0.2, -0.15) is 0 Å². The number of hydrogen-bond acceptors (Lipinski definition) is 3. The highest BCUT2D eigenvalue weighted by Crippen LogP contribution is 2.18. The maximum Gasteiger partial charge on any atom is 0.209 e. The summed E-state index contributed by atoms with van der Waals surface area (Å²) in [4.78, 5) is 25.4. The summed E-state index contributed by atoms with van der Waals surface area (Å²) in [5, 5.41) is 3.63. The molecule has 0 aliphatic heterocycles. The van der Waals surface area contributed by atoms with E-state index in [1.165, 1.54) is 6.08 Å². The van der Waals surface area contributed by atoms with Crippen molar-refractivity contribution < 1.29 is 9.59 Å². The van der Waals surface area contributed by atoms with Crippen molar-refractivity contribution in [3.05, 3.63) is 113 Å². The molecule has 0 aliphatic carbocycles. The molecule has 4 heteroatoms. The normalized spacial score (nSPS) is 11.0. The minimum absolute atomic E-state index is 0.201. The maximum atomic E-state index is 12.9. The van der Waals surface area contributed by atoms with E-state index in [0.717, 1.165) is 0 Å². The first kappa shape index (κ1) is 17.6. The van der Waals surface area contributed by atoms with Crippen LogP contribution >= 0.6 is 11.6 Å². The standard InChI is InChI=1S/C22H16ClNO2/c23-18-11-13-19(14-12-18)24-20(22(26)17-9-5-2-6-10-17)15-21(25)16-7-3-1-4-8-16/h1-15,24H/b20-15+. The predicted octanol–water partition coefficient (Wildman–Crippen LogP) is 5.40. The van der Waals surface area contributed by atoms with Crippen LogP contribution in [0.2, 0.25) is 5.02 Å². The van der Waals surface area contributed by atoms with Gasteiger partial charge in [0.05, 0.1) is 5.70 Å². The number of rotatable bonds is 6. The fourth-order valence-electron chi connectivity index (χ4n) is 2.41. The number of ketones is 2. The van der Waals surface area contributed by atoms with Gasteiger partial charge in [-0.3, -0.25) is 9.59 Å². The first-order valence-corrected chi connectivity index (χ1v) is 8.45. The summed E-state index contributed by atoms with van der Waals surface area (Å²) in [6.45, 7) is 0. The highest BCUT2D eigenvalue weighted by Gasteiger charge is 2.15. The second kappa shape index (κ2) is 8.28. The van der Waals surface area contributed by atoms with Gasteiger partial charge in [0.1, 0.15) is 0 Å². The lowest BCUT2D eigenvalue weighted by Crippen LogP contribution is -2.14. The highest BCUT2D eigenvalue weighted by molar-refractivity contribution is 6.30. The molecule has 0 saturated heterocycles. The second-order valence-corrected chi connectivity index (χ2v) is 6.05. The number of benzene rings is 3. The average Bonchev–Trinajstić information content (AvgIpc) is 2.70. The fourth-order valence-corrected chi connectivity index (χ4v) is 2.53. The van der Waals surface area contributed by atoms with E-state index in [0.29, 0.717) is 21.8 Å². The van der Waals surface area contributed by atoms with Crippen molar-refractivity contribution >= 4 is 28.9 Å². The number of carbonyl (C=O) groups is 2. The summed E-state index contributed by atoms with van der Waals surface area (Å²) in [5.41, 5.74) is 1.89. The van der Waals surface area contributed by atoms with Gasteiger partial charge in [0.2, 0.25) is 5.78 Å². The average molecular weight is 362 g/mol. The zero-order chi connectivity index (χ0) is 18.4. The zero-order valence-electron chi connectivity index (χ0n) is 13.9. The third-order valence-corrected chi connectivity index (χ3v) is 3.99. The minimum Gasteiger partial charge on any atom is -0.352 e. The molecule has 128 valence electrons. The molecule has 0 aliphatic rings. The summed E-state index contributed by atoms with van der Waals surface area (Å²) < 4.78 is 0. The predicted molar refractivity (Wildman–Crippen MR) is 105 cm³/mol. The monoisotopic (exact) mass is 361 g/mol. The Hall–Kier alpha value is -3.17. The number of anilines is 1. The van der Waals surface area contributed by atoms with E-state index in [-0.39, 0.29) is 17.3 Å². The van der Waals surface area contributed by atoms with E-state index in [1.807, 2.05) is 12.1 Å². The Morgan fingerprint density at radius 1 is 0.731 bits per heavy atom. The summed E-state index contributed by atoms with van der Waals surface area (Å²) in [6, 6.07) is 24.6. The summed E-state index contributed by atoms with van der Waals surface area (Å²) >= 11 is 5.91. The Balaban J connectivity index is 1.95. The van der Waals surface area contributed by atoms with E-state index in [2.05, 4.69) is 5.32 Å². The third-order valence-electron chi connectivity index (χ3n) is 3.74. The van der Waals surface area contributed by atoms with E-state index >= 15 is 0 Å². The highest BCUT2D eigenvalue weighted by atomic mass is 35.5. The van der Waals surface area contributed by atoms with Crippen molar-refractivity contribution in [2.75, 3.05) is 5.32 Å². The lowest BCUT2D eigenvalue weighted by molar-refractivity contribution is 0.101. The van der Waals surface area contributed by atoms with Crippen molar-refractivity contribution in [3.8, 4) is 0 Å². The molecule has 1 N–H and O–H groups in total. The maximum absolute atomic E-state index is 12.9. The van der Waals surface area contributed by atoms with Gasteiger partial charge in [-0.1, -0.05) is 72.3 Å². The molecule has 0 spiro atoms. The SMILES string of the molecule is O=C(/C=C(/Nc1ccc(Cl)cc1)C(=O)c1ccccc1)c1ccccc1. The topological polar surface area (TPSA) is 46.2 Å². The first-order chi connectivity index (χ1) is 12.6. The van der Waals surface area contributed by atoms with Crippen LogP contribution in [-0.2, 0) is 0 Å². The zero-order valence-corrected chi connectivity index (χ0v) is 14.6. The minimum atomic E-state index is -0.259. The van der Waals surface area contributed by atoms with Gasteiger partial charge < -0.3 is 5.32 Å². The van der Waals surface area contributed by atoms with Crippen LogP contribution in [0, 0.1) is 0 Å². The molecule has 0 saturated carbocycles. The number of allylic oxidation sites excluding steroid dienone is 2. The Morgan fingerprint density at radius 3 is 1.85 bits per heavy atom. The van der Waals surface area contributed by atoms with Gasteiger partial charge in [0.25, 0.3) is 0 Å². The molecule has 3 rings (SSSR count). The largest absolute Gasteiger partial charge is 0.352 e. The number of carbonyl (C=O) groups excluding carboxylic acids is 2. The van der Waals surface area contributed by atoms with E-state index < -0.39 is 0 Å². The van der Waals surface area contributed by atoms with Crippen molar-refractivity contribution in [1.82, 2.24) is 0 Å². The number of hydrogen-bond donors (Lipinski definition) is 1. The quantitative estimate of drug-likeness (QED) is 0.472. The molecule has 0 fully saturated rings. The Labute approximate surface area is 156 Å². The van der Waals surface area contributed by atoms with Crippen LogP contribution in [0.4, 0.5) is 5.69 Å². The number of halogens is 1. The van der Waals surface area contributed by atoms with Crippen molar-refractivity contribution in [3.63, 3.8) is 0 Å². The van der Waals surface area contributed by atoms with Gasteiger partial charge in [0.15, 0.2) is 5.78 Å². The summed E-state index contributed by atoms with van der Waals surface area (Å²) in [6.07, 6.45) is 1.33. The second-order valence-electron chi connectivity index (χ2n) is 5.62. The fraction of sp³-hybridized carbons (Fsp3) is 0. The molecule has 3 nitrogen and oxygen atoms in total. The van der Waals surface area contributed by atoms with Crippen LogP contribution in [0.1, 0.15) is 20.7 Å². The van der Waals surface area contributed by atoms with Crippen molar-refractivity contribution in [2.45, 2.75) is 0 Å². The summed E-state index contributed by atoms with van der Waals surface area (Å²) in [5.74, 6) is -0.504. The van der Waals surface area contributed by atoms with Gasteiger partial charge in [0, 0.05) is 27.9 Å². The number of Topliss-reactive ketones (excluding diaryl/α,β-unsaturated/α-hetero) is 1. The molecule has 0 bridgehead atoms. The lowest BCUT2D eigenvalue weighted by atomic mass is 10.0. The smallest absolute Gasteiger partial charge is 0.209 e. The van der Waals surface area contributed by atoms with Gasteiger partial charge in [-0.05, 0) is 24.3 Å².